The second-order valence-electron chi connectivity index (χ2n) is 7.85. The number of nitrogens with one attached hydrogen (secondary N) is 1. The Balaban J connectivity index is 2.53. The van der Waals surface area contributed by atoms with Gasteiger partial charge < -0.3 is 29.0 Å². The zero-order chi connectivity index (χ0) is 28.7. The molecule has 0 radical (unpaired) electrons. The van der Waals surface area contributed by atoms with E-state index in [0.29, 0.717) is 6.07 Å². The van der Waals surface area contributed by atoms with Gasteiger partial charge in [0.25, 0.3) is 17.3 Å². The molecule has 206 valence electrons. The standard InChI is InChI=1S/C21H23N3O14/c1-9(25)34-8-16-17(35-10(2)26)18(36-11(3)27)19(37-12(4)28)21(38-16)22-20(29)13-5-14(23(30)31)7-15(6-13)24(32)33/h5-7,16-19,21H,8H2,1-4H3,(H,22,29)/t16-,17-,18+,19-,21-/m1/s1. The van der Waals surface area contributed by atoms with Gasteiger partial charge in [0, 0.05) is 39.8 Å². The molecule has 0 aliphatic carbocycles. The quantitative estimate of drug-likeness (QED) is 0.192. The van der Waals surface area contributed by atoms with Crippen LogP contribution in [0.4, 0.5) is 11.4 Å². The van der Waals surface area contributed by atoms with E-state index < -0.39 is 93.8 Å². The van der Waals surface area contributed by atoms with Crippen molar-refractivity contribution in [2.24, 2.45) is 0 Å². The Morgan fingerprint density at radius 1 is 0.789 bits per heavy atom. The highest BCUT2D eigenvalue weighted by molar-refractivity contribution is 5.95. The van der Waals surface area contributed by atoms with Crippen LogP contribution in [0, 0.1) is 20.2 Å². The molecule has 0 saturated carbocycles. The molecule has 2 rings (SSSR count). The van der Waals surface area contributed by atoms with Gasteiger partial charge in [-0.3, -0.25) is 44.2 Å². The SMILES string of the molecule is CC(=O)OC[C@H]1O[C@@H](NC(=O)c2cc([N+](=O)[O-])cc([N+](=O)[O-])c2)[C@H](OC(C)=O)[C@@H](OC(C)=O)[C@@H]1OC(C)=O. The number of carbonyl (C=O) groups is 5. The van der Waals surface area contributed by atoms with Crippen LogP contribution in [0.1, 0.15) is 38.1 Å². The first-order valence-electron chi connectivity index (χ1n) is 10.7. The molecule has 0 aromatic heterocycles. The maximum atomic E-state index is 13.0. The number of carbonyl (C=O) groups excluding carboxylic acids is 5. The Hall–Kier alpha value is -4.67. The molecule has 17 heteroatoms. The Labute approximate surface area is 213 Å². The van der Waals surface area contributed by atoms with Crippen LogP contribution in [0.15, 0.2) is 18.2 Å². The third-order valence-corrected chi connectivity index (χ3v) is 4.85. The monoisotopic (exact) mass is 541 g/mol. The number of nitrogens with zero attached hydrogens (tertiary/aromatic N) is 2. The highest BCUT2D eigenvalue weighted by atomic mass is 16.7. The van der Waals surface area contributed by atoms with Crippen molar-refractivity contribution < 1.29 is 57.5 Å². The van der Waals surface area contributed by atoms with Gasteiger partial charge in [-0.1, -0.05) is 0 Å². The molecule has 1 N–H and O–H groups in total. The van der Waals surface area contributed by atoms with Crippen molar-refractivity contribution in [1.29, 1.82) is 0 Å². The van der Waals surface area contributed by atoms with Crippen LogP contribution in [0.3, 0.4) is 0 Å². The molecule has 1 aromatic rings. The van der Waals surface area contributed by atoms with Gasteiger partial charge in [0.1, 0.15) is 12.7 Å². The lowest BCUT2D eigenvalue weighted by atomic mass is 9.97. The summed E-state index contributed by atoms with van der Waals surface area (Å²) in [7, 11) is 0. The van der Waals surface area contributed by atoms with Gasteiger partial charge in [0.2, 0.25) is 0 Å². The number of nitro benzene ring substituents is 2. The van der Waals surface area contributed by atoms with Crippen LogP contribution < -0.4 is 5.32 Å². The lowest BCUT2D eigenvalue weighted by Crippen LogP contribution is -2.66. The molecule has 0 unspecified atom stereocenters. The number of benzene rings is 1. The lowest BCUT2D eigenvalue weighted by Gasteiger charge is -2.44. The molecule has 1 aliphatic heterocycles. The number of non-ortho nitro benzene ring substituents is 2. The van der Waals surface area contributed by atoms with E-state index in [1.807, 2.05) is 0 Å². The number of ether oxygens (including phenoxy) is 5. The zero-order valence-corrected chi connectivity index (χ0v) is 20.4. The van der Waals surface area contributed by atoms with Crippen molar-refractivity contribution in [2.45, 2.75) is 58.3 Å². The Bertz CT molecular complexity index is 1120. The summed E-state index contributed by atoms with van der Waals surface area (Å²) in [6.07, 6.45) is -7.76. The van der Waals surface area contributed by atoms with Crippen molar-refractivity contribution in [3.8, 4) is 0 Å². The highest BCUT2D eigenvalue weighted by Crippen LogP contribution is 2.29. The minimum absolute atomic E-state index is 0.529. The second-order valence-corrected chi connectivity index (χ2v) is 7.85. The molecule has 1 heterocycles. The summed E-state index contributed by atoms with van der Waals surface area (Å²) in [5.41, 5.74) is -2.05. The van der Waals surface area contributed by atoms with Gasteiger partial charge in [-0.2, -0.15) is 0 Å². The van der Waals surface area contributed by atoms with Crippen molar-refractivity contribution >= 4 is 41.2 Å². The molecular weight excluding hydrogens is 518 g/mol. The second kappa shape index (κ2) is 12.5. The molecule has 1 amide bonds. The number of esters is 4. The summed E-state index contributed by atoms with van der Waals surface area (Å²) < 4.78 is 26.2. The number of amides is 1. The molecule has 1 saturated heterocycles. The fourth-order valence-corrected chi connectivity index (χ4v) is 3.49. The van der Waals surface area contributed by atoms with Crippen molar-refractivity contribution in [2.75, 3.05) is 6.61 Å². The van der Waals surface area contributed by atoms with Gasteiger partial charge in [-0.15, -0.1) is 0 Å². The number of hydrogen-bond donors (Lipinski definition) is 1. The van der Waals surface area contributed by atoms with E-state index >= 15 is 0 Å². The smallest absolute Gasteiger partial charge is 0.303 e. The van der Waals surface area contributed by atoms with Crippen LogP contribution in [0.2, 0.25) is 0 Å². The Morgan fingerprint density at radius 2 is 1.26 bits per heavy atom. The summed E-state index contributed by atoms with van der Waals surface area (Å²) >= 11 is 0. The first-order valence-corrected chi connectivity index (χ1v) is 10.7. The minimum atomic E-state index is -1.68. The van der Waals surface area contributed by atoms with Crippen molar-refractivity contribution in [3.05, 3.63) is 44.0 Å². The number of hydrogen-bond acceptors (Lipinski definition) is 14. The average Bonchev–Trinajstić information content (AvgIpc) is 2.80. The summed E-state index contributed by atoms with van der Waals surface area (Å²) in [5, 5.41) is 24.6. The molecule has 5 atom stereocenters. The molecule has 1 aromatic carbocycles. The van der Waals surface area contributed by atoms with Gasteiger partial charge >= 0.3 is 23.9 Å². The summed E-state index contributed by atoms with van der Waals surface area (Å²) in [5.74, 6) is -4.60. The topological polar surface area (TPSA) is 230 Å². The van der Waals surface area contributed by atoms with Gasteiger partial charge in [0.15, 0.2) is 24.5 Å². The van der Waals surface area contributed by atoms with Crippen LogP contribution >= 0.6 is 0 Å². The van der Waals surface area contributed by atoms with Crippen LogP contribution in [-0.2, 0) is 42.9 Å². The van der Waals surface area contributed by atoms with E-state index in [1.165, 1.54) is 0 Å². The molecule has 1 aliphatic rings. The van der Waals surface area contributed by atoms with E-state index in [-0.39, 0.29) is 0 Å². The van der Waals surface area contributed by atoms with Crippen LogP contribution in [0.25, 0.3) is 0 Å². The zero-order valence-electron chi connectivity index (χ0n) is 20.4. The van der Waals surface area contributed by atoms with Crippen LogP contribution in [-0.4, -0.2) is 76.9 Å². The minimum Gasteiger partial charge on any atom is -0.463 e. The third-order valence-electron chi connectivity index (χ3n) is 4.85. The maximum absolute atomic E-state index is 13.0. The van der Waals surface area contributed by atoms with Crippen LogP contribution in [0.5, 0.6) is 0 Å². The first-order chi connectivity index (χ1) is 17.7. The van der Waals surface area contributed by atoms with Crippen molar-refractivity contribution in [1.82, 2.24) is 5.32 Å². The molecule has 0 spiro atoms. The summed E-state index contributed by atoms with van der Waals surface area (Å²) in [6.45, 7) is 3.52. The average molecular weight is 541 g/mol. The largest absolute Gasteiger partial charge is 0.463 e. The maximum Gasteiger partial charge on any atom is 0.303 e. The normalized spacial score (nSPS) is 22.4. The molecule has 38 heavy (non-hydrogen) atoms. The first kappa shape index (κ1) is 29.6. The van der Waals surface area contributed by atoms with E-state index in [1.54, 1.807) is 0 Å². The summed E-state index contributed by atoms with van der Waals surface area (Å²) in [4.78, 5) is 80.3. The van der Waals surface area contributed by atoms with E-state index in [9.17, 15) is 44.2 Å². The Morgan fingerprint density at radius 3 is 1.71 bits per heavy atom. The van der Waals surface area contributed by atoms with E-state index in [2.05, 4.69) is 5.32 Å². The van der Waals surface area contributed by atoms with Gasteiger partial charge in [0.05, 0.1) is 21.5 Å². The Kier molecular flexibility index (Phi) is 9.75. The predicted molar refractivity (Wildman–Crippen MR) is 119 cm³/mol. The van der Waals surface area contributed by atoms with E-state index in [0.717, 1.165) is 39.8 Å². The highest BCUT2D eigenvalue weighted by Gasteiger charge is 2.52. The molecule has 17 nitrogen and oxygen atoms in total. The lowest BCUT2D eigenvalue weighted by molar-refractivity contribution is -0.394. The van der Waals surface area contributed by atoms with Gasteiger partial charge in [-0.25, -0.2) is 0 Å². The molecular formula is C21H23N3O14. The molecule has 0 bridgehead atoms. The molecule has 1 fully saturated rings. The third kappa shape index (κ3) is 7.92. The van der Waals surface area contributed by atoms with Gasteiger partial charge in [-0.05, 0) is 0 Å². The fraction of sp³-hybridized carbons (Fsp3) is 0.476. The van der Waals surface area contributed by atoms with E-state index in [4.69, 9.17) is 23.7 Å². The predicted octanol–water partition coefficient (Wildman–Crippen LogP) is 0.316. The number of rotatable bonds is 9. The fourth-order valence-electron chi connectivity index (χ4n) is 3.49. The van der Waals surface area contributed by atoms with Crippen molar-refractivity contribution in [3.63, 3.8) is 0 Å². The summed E-state index contributed by atoms with van der Waals surface area (Å²) in [6, 6.07) is 2.16. The number of nitro groups is 2.